The van der Waals surface area contributed by atoms with E-state index in [-0.39, 0.29) is 16.8 Å². The molecule has 1 aromatic rings. The van der Waals surface area contributed by atoms with Gasteiger partial charge in [0.2, 0.25) is 0 Å². The van der Waals surface area contributed by atoms with Crippen LogP contribution in [-0.2, 0) is 0 Å². The molecule has 0 aliphatic carbocycles. The van der Waals surface area contributed by atoms with E-state index in [4.69, 9.17) is 11.6 Å². The smallest absolute Gasteiger partial charge is 0.133 e. The first-order chi connectivity index (χ1) is 7.47. The Bertz CT molecular complexity index is 353. The van der Waals surface area contributed by atoms with Crippen molar-refractivity contribution in [3.05, 3.63) is 33.8 Å². The van der Waals surface area contributed by atoms with Gasteiger partial charge in [0.1, 0.15) is 17.7 Å². The molecule has 0 radical (unpaired) electrons. The molecule has 2 N–H and O–H groups in total. The fourth-order valence-electron chi connectivity index (χ4n) is 1.30. The SMILES string of the molecule is OC(CCCl)C(O)c1c(F)cc(Br)cc1F. The van der Waals surface area contributed by atoms with Crippen LogP contribution in [0.2, 0.25) is 0 Å². The van der Waals surface area contributed by atoms with Crippen molar-refractivity contribution < 1.29 is 19.0 Å². The lowest BCUT2D eigenvalue weighted by Crippen LogP contribution is -2.21. The molecule has 1 rings (SSSR count). The first-order valence-corrected chi connectivity index (χ1v) is 5.86. The average Bonchev–Trinajstić information content (AvgIpc) is 2.16. The largest absolute Gasteiger partial charge is 0.390 e. The molecule has 0 aliphatic rings. The van der Waals surface area contributed by atoms with E-state index < -0.39 is 29.4 Å². The topological polar surface area (TPSA) is 40.5 Å². The van der Waals surface area contributed by atoms with Crippen LogP contribution in [0.1, 0.15) is 18.1 Å². The summed E-state index contributed by atoms with van der Waals surface area (Å²) >= 11 is 8.29. The van der Waals surface area contributed by atoms with Gasteiger partial charge in [-0.25, -0.2) is 8.78 Å². The van der Waals surface area contributed by atoms with E-state index in [1.807, 2.05) is 0 Å². The fraction of sp³-hybridized carbons (Fsp3) is 0.400. The summed E-state index contributed by atoms with van der Waals surface area (Å²) in [5.41, 5.74) is -0.541. The molecular formula is C10H10BrClF2O2. The number of hydrogen-bond donors (Lipinski definition) is 2. The molecule has 0 bridgehead atoms. The lowest BCUT2D eigenvalue weighted by Gasteiger charge is -2.18. The van der Waals surface area contributed by atoms with Crippen molar-refractivity contribution in [2.45, 2.75) is 18.6 Å². The van der Waals surface area contributed by atoms with Crippen LogP contribution >= 0.6 is 27.5 Å². The first-order valence-electron chi connectivity index (χ1n) is 4.54. The summed E-state index contributed by atoms with van der Waals surface area (Å²) in [5.74, 6) is -1.72. The van der Waals surface area contributed by atoms with E-state index in [2.05, 4.69) is 15.9 Å². The quantitative estimate of drug-likeness (QED) is 0.839. The Morgan fingerprint density at radius 2 is 1.75 bits per heavy atom. The second-order valence-corrected chi connectivity index (χ2v) is 4.57. The van der Waals surface area contributed by atoms with Crippen molar-refractivity contribution in [2.75, 3.05) is 5.88 Å². The van der Waals surface area contributed by atoms with E-state index in [9.17, 15) is 19.0 Å². The standard InChI is InChI=1S/C10H10BrClF2O2/c11-5-3-6(13)9(7(14)4-5)10(16)8(15)1-2-12/h3-4,8,10,15-16H,1-2H2. The number of halogens is 4. The van der Waals surface area contributed by atoms with Crippen molar-refractivity contribution in [3.63, 3.8) is 0 Å². The molecule has 0 saturated heterocycles. The van der Waals surface area contributed by atoms with Crippen molar-refractivity contribution in [3.8, 4) is 0 Å². The van der Waals surface area contributed by atoms with Crippen molar-refractivity contribution >= 4 is 27.5 Å². The minimum absolute atomic E-state index is 0.0532. The highest BCUT2D eigenvalue weighted by Crippen LogP contribution is 2.27. The van der Waals surface area contributed by atoms with E-state index in [1.165, 1.54) is 0 Å². The van der Waals surface area contributed by atoms with Crippen LogP contribution in [0, 0.1) is 11.6 Å². The third kappa shape index (κ3) is 3.13. The monoisotopic (exact) mass is 314 g/mol. The van der Waals surface area contributed by atoms with Gasteiger partial charge in [-0.05, 0) is 18.6 Å². The highest BCUT2D eigenvalue weighted by atomic mass is 79.9. The van der Waals surface area contributed by atoms with Crippen LogP contribution in [0.25, 0.3) is 0 Å². The lowest BCUT2D eigenvalue weighted by molar-refractivity contribution is 0.0127. The van der Waals surface area contributed by atoms with Crippen LogP contribution in [0.3, 0.4) is 0 Å². The predicted octanol–water partition coefficient (Wildman–Crippen LogP) is 2.75. The molecule has 2 nitrogen and oxygen atoms in total. The highest BCUT2D eigenvalue weighted by molar-refractivity contribution is 9.10. The van der Waals surface area contributed by atoms with Crippen LogP contribution in [0.5, 0.6) is 0 Å². The van der Waals surface area contributed by atoms with Gasteiger partial charge in [0.15, 0.2) is 0 Å². The van der Waals surface area contributed by atoms with Crippen molar-refractivity contribution in [1.82, 2.24) is 0 Å². The number of benzene rings is 1. The Balaban J connectivity index is 3.03. The summed E-state index contributed by atoms with van der Waals surface area (Å²) < 4.78 is 27.0. The number of alkyl halides is 1. The predicted molar refractivity (Wildman–Crippen MR) is 60.4 cm³/mol. The number of hydrogen-bond acceptors (Lipinski definition) is 2. The van der Waals surface area contributed by atoms with Gasteiger partial charge in [-0.2, -0.15) is 0 Å². The third-order valence-corrected chi connectivity index (χ3v) is 2.78. The van der Waals surface area contributed by atoms with Crippen LogP contribution in [0.15, 0.2) is 16.6 Å². The van der Waals surface area contributed by atoms with Crippen molar-refractivity contribution in [2.24, 2.45) is 0 Å². The third-order valence-electron chi connectivity index (χ3n) is 2.11. The molecular weight excluding hydrogens is 305 g/mol. The average molecular weight is 316 g/mol. The molecule has 2 atom stereocenters. The lowest BCUT2D eigenvalue weighted by atomic mass is 10.0. The fourth-order valence-corrected chi connectivity index (χ4v) is 1.92. The minimum Gasteiger partial charge on any atom is -0.390 e. The molecule has 0 fully saturated rings. The molecule has 0 amide bonds. The summed E-state index contributed by atoms with van der Waals surface area (Å²) in [7, 11) is 0. The van der Waals surface area contributed by atoms with Crippen LogP contribution < -0.4 is 0 Å². The van der Waals surface area contributed by atoms with E-state index in [0.29, 0.717) is 0 Å². The maximum Gasteiger partial charge on any atom is 0.133 e. The zero-order valence-corrected chi connectivity index (χ0v) is 10.5. The second-order valence-electron chi connectivity index (χ2n) is 3.27. The van der Waals surface area contributed by atoms with Crippen molar-refractivity contribution in [1.29, 1.82) is 0 Å². The van der Waals surface area contributed by atoms with Gasteiger partial charge in [0.05, 0.1) is 11.7 Å². The molecule has 0 aliphatic heterocycles. The van der Waals surface area contributed by atoms with Gasteiger partial charge >= 0.3 is 0 Å². The Kier molecular flexibility index (Phi) is 5.11. The molecule has 6 heteroatoms. The van der Waals surface area contributed by atoms with Gasteiger partial charge in [0, 0.05) is 10.4 Å². The summed E-state index contributed by atoms with van der Waals surface area (Å²) in [4.78, 5) is 0. The Hall–Kier alpha value is -0.230. The number of aliphatic hydroxyl groups excluding tert-OH is 2. The highest BCUT2D eigenvalue weighted by Gasteiger charge is 2.25. The molecule has 0 aromatic heterocycles. The number of aliphatic hydroxyl groups is 2. The minimum atomic E-state index is -1.62. The maximum atomic E-state index is 13.4. The van der Waals surface area contributed by atoms with Crippen LogP contribution in [-0.4, -0.2) is 22.2 Å². The Morgan fingerprint density at radius 1 is 1.25 bits per heavy atom. The van der Waals surface area contributed by atoms with E-state index in [1.54, 1.807) is 0 Å². The van der Waals surface area contributed by atoms with Gasteiger partial charge < -0.3 is 10.2 Å². The second kappa shape index (κ2) is 5.91. The summed E-state index contributed by atoms with van der Waals surface area (Å²) in [6, 6.07) is 2.05. The summed E-state index contributed by atoms with van der Waals surface area (Å²) in [6.45, 7) is 0. The van der Waals surface area contributed by atoms with Crippen LogP contribution in [0.4, 0.5) is 8.78 Å². The van der Waals surface area contributed by atoms with E-state index >= 15 is 0 Å². The van der Waals surface area contributed by atoms with E-state index in [0.717, 1.165) is 12.1 Å². The zero-order chi connectivity index (χ0) is 12.3. The first kappa shape index (κ1) is 13.8. The normalized spacial score (nSPS) is 14.9. The molecule has 1 aromatic carbocycles. The zero-order valence-electron chi connectivity index (χ0n) is 8.13. The Morgan fingerprint density at radius 3 is 2.19 bits per heavy atom. The molecule has 0 spiro atoms. The number of rotatable bonds is 4. The summed E-state index contributed by atoms with van der Waals surface area (Å²) in [5, 5.41) is 19.0. The van der Waals surface area contributed by atoms with Gasteiger partial charge in [-0.1, -0.05) is 15.9 Å². The Labute approximate surface area is 105 Å². The molecule has 0 heterocycles. The van der Waals surface area contributed by atoms with Gasteiger partial charge in [-0.15, -0.1) is 11.6 Å². The molecule has 2 unspecified atom stereocenters. The van der Waals surface area contributed by atoms with Gasteiger partial charge in [-0.3, -0.25) is 0 Å². The summed E-state index contributed by atoms with van der Waals surface area (Å²) in [6.07, 6.45) is -2.85. The molecule has 0 saturated carbocycles. The maximum absolute atomic E-state index is 13.4. The molecule has 90 valence electrons. The molecule has 16 heavy (non-hydrogen) atoms. The van der Waals surface area contributed by atoms with Gasteiger partial charge in [0.25, 0.3) is 0 Å².